The van der Waals surface area contributed by atoms with Crippen LogP contribution in [0.5, 0.6) is 0 Å². The van der Waals surface area contributed by atoms with Crippen LogP contribution in [0.15, 0.2) is 97.1 Å². The lowest BCUT2D eigenvalue weighted by molar-refractivity contribution is 0.0684. The lowest BCUT2D eigenvalue weighted by Crippen LogP contribution is -2.07. The van der Waals surface area contributed by atoms with Gasteiger partial charge in [-0.2, -0.15) is 0 Å². The van der Waals surface area contributed by atoms with E-state index in [9.17, 15) is 19.8 Å². The van der Waals surface area contributed by atoms with Crippen LogP contribution < -0.4 is 0 Å². The molecule has 4 heteroatoms. The van der Waals surface area contributed by atoms with Crippen LogP contribution in [-0.2, 0) is 0 Å². The molecule has 4 nitrogen and oxygen atoms in total. The van der Waals surface area contributed by atoms with Crippen molar-refractivity contribution in [3.8, 4) is 34.8 Å². The average molecular weight is 442 g/mol. The smallest absolute Gasteiger partial charge is 0.336 e. The summed E-state index contributed by atoms with van der Waals surface area (Å²) in [5.41, 5.74) is 2.69. The molecule has 34 heavy (non-hydrogen) atoms. The maximum Gasteiger partial charge on any atom is 0.336 e. The van der Waals surface area contributed by atoms with Gasteiger partial charge in [0.05, 0.1) is 11.1 Å². The molecule has 0 aliphatic heterocycles. The summed E-state index contributed by atoms with van der Waals surface area (Å²) in [6.45, 7) is 0. The third-order valence-electron chi connectivity index (χ3n) is 5.07. The highest BCUT2D eigenvalue weighted by Gasteiger charge is 2.23. The van der Waals surface area contributed by atoms with Crippen LogP contribution in [0.3, 0.4) is 0 Å². The Morgan fingerprint density at radius 1 is 0.471 bits per heavy atom. The van der Waals surface area contributed by atoms with E-state index in [-0.39, 0.29) is 22.3 Å². The van der Waals surface area contributed by atoms with E-state index in [1.54, 1.807) is 24.3 Å². The Labute approximate surface area is 197 Å². The summed E-state index contributed by atoms with van der Waals surface area (Å²) < 4.78 is 0. The molecule has 0 saturated carbocycles. The molecule has 0 bridgehead atoms. The van der Waals surface area contributed by atoms with Crippen molar-refractivity contribution >= 4 is 11.9 Å². The molecule has 4 aromatic carbocycles. The Balaban J connectivity index is 2.00. The molecular weight excluding hydrogens is 424 g/mol. The van der Waals surface area contributed by atoms with Gasteiger partial charge in [-0.25, -0.2) is 9.59 Å². The summed E-state index contributed by atoms with van der Waals surface area (Å²) in [6, 6.07) is 28.0. The van der Waals surface area contributed by atoms with Crippen LogP contribution in [-0.4, -0.2) is 22.2 Å². The highest BCUT2D eigenvalue weighted by Crippen LogP contribution is 2.34. The van der Waals surface area contributed by atoms with Crippen LogP contribution in [0, 0.1) is 23.7 Å². The van der Waals surface area contributed by atoms with Crippen molar-refractivity contribution in [2.45, 2.75) is 0 Å². The largest absolute Gasteiger partial charge is 0.478 e. The van der Waals surface area contributed by atoms with Gasteiger partial charge in [0.1, 0.15) is 0 Å². The summed E-state index contributed by atoms with van der Waals surface area (Å²) in [4.78, 5) is 24.3. The zero-order valence-electron chi connectivity index (χ0n) is 17.9. The van der Waals surface area contributed by atoms with Gasteiger partial charge in [0.2, 0.25) is 0 Å². The predicted octanol–water partition coefficient (Wildman–Crippen LogP) is 5.55. The second-order valence-electron chi connectivity index (χ2n) is 7.30. The number of hydrogen-bond donors (Lipinski definition) is 2. The van der Waals surface area contributed by atoms with Gasteiger partial charge in [-0.05, 0) is 48.5 Å². The van der Waals surface area contributed by atoms with Gasteiger partial charge in [-0.15, -0.1) is 0 Å². The van der Waals surface area contributed by atoms with E-state index in [0.29, 0.717) is 11.1 Å². The first-order valence-electron chi connectivity index (χ1n) is 10.4. The minimum atomic E-state index is -1.18. The Hall–Kier alpha value is -5.06. The van der Waals surface area contributed by atoms with Crippen molar-refractivity contribution < 1.29 is 19.8 Å². The number of rotatable bonds is 3. The van der Waals surface area contributed by atoms with Gasteiger partial charge >= 0.3 is 11.9 Å². The van der Waals surface area contributed by atoms with Gasteiger partial charge in [0.15, 0.2) is 0 Å². The van der Waals surface area contributed by atoms with E-state index in [0.717, 1.165) is 11.1 Å². The monoisotopic (exact) mass is 442 g/mol. The Bertz CT molecular complexity index is 1380. The van der Waals surface area contributed by atoms with Crippen molar-refractivity contribution in [1.29, 1.82) is 0 Å². The van der Waals surface area contributed by atoms with Gasteiger partial charge in [-0.1, -0.05) is 72.2 Å². The Morgan fingerprint density at radius 3 is 1.21 bits per heavy atom. The maximum absolute atomic E-state index is 12.2. The number of aromatic carboxylic acids is 2. The van der Waals surface area contributed by atoms with Crippen molar-refractivity contribution in [1.82, 2.24) is 0 Å². The van der Waals surface area contributed by atoms with Crippen LogP contribution in [0.25, 0.3) is 11.1 Å². The molecule has 4 aromatic rings. The molecule has 0 saturated heterocycles. The summed E-state index contributed by atoms with van der Waals surface area (Å²) in [6.07, 6.45) is 0. The number of benzene rings is 4. The summed E-state index contributed by atoms with van der Waals surface area (Å²) in [5, 5.41) is 19.9. The van der Waals surface area contributed by atoms with Gasteiger partial charge in [0, 0.05) is 33.4 Å². The topological polar surface area (TPSA) is 74.6 Å². The lowest BCUT2D eigenvalue weighted by Gasteiger charge is -2.14. The van der Waals surface area contributed by atoms with Crippen LogP contribution in [0.4, 0.5) is 0 Å². The van der Waals surface area contributed by atoms with E-state index in [1.807, 2.05) is 60.7 Å². The fourth-order valence-corrected chi connectivity index (χ4v) is 3.53. The normalized spacial score (nSPS) is 9.76. The van der Waals surface area contributed by atoms with Crippen molar-refractivity contribution in [2.75, 3.05) is 0 Å². The van der Waals surface area contributed by atoms with Crippen molar-refractivity contribution in [3.63, 3.8) is 0 Å². The second-order valence-corrected chi connectivity index (χ2v) is 7.30. The van der Waals surface area contributed by atoms with E-state index >= 15 is 0 Å². The van der Waals surface area contributed by atoms with Crippen LogP contribution >= 0.6 is 0 Å². The second kappa shape index (κ2) is 10.0. The van der Waals surface area contributed by atoms with Crippen LogP contribution in [0.1, 0.15) is 43.0 Å². The minimum absolute atomic E-state index is 0.0451. The first-order valence-corrected chi connectivity index (χ1v) is 10.4. The lowest BCUT2D eigenvalue weighted by atomic mass is 9.87. The third kappa shape index (κ3) is 4.88. The minimum Gasteiger partial charge on any atom is -0.478 e. The summed E-state index contributed by atoms with van der Waals surface area (Å²) in [7, 11) is 0. The molecule has 0 radical (unpaired) electrons. The van der Waals surface area contributed by atoms with Crippen molar-refractivity contribution in [2.24, 2.45) is 0 Å². The van der Waals surface area contributed by atoms with Crippen LogP contribution in [0.2, 0.25) is 0 Å². The molecule has 0 spiro atoms. The molecule has 0 aromatic heterocycles. The molecule has 0 atom stereocenters. The zero-order chi connectivity index (χ0) is 23.9. The van der Waals surface area contributed by atoms with E-state index in [4.69, 9.17) is 0 Å². The van der Waals surface area contributed by atoms with Gasteiger partial charge < -0.3 is 10.2 Å². The van der Waals surface area contributed by atoms with Gasteiger partial charge in [-0.3, -0.25) is 0 Å². The number of carboxylic acid groups (broad SMARTS) is 2. The van der Waals surface area contributed by atoms with Gasteiger partial charge in [0.25, 0.3) is 0 Å². The van der Waals surface area contributed by atoms with E-state index in [1.165, 1.54) is 12.1 Å². The highest BCUT2D eigenvalue weighted by atomic mass is 16.4. The maximum atomic E-state index is 12.2. The molecule has 0 heterocycles. The number of hydrogen-bond acceptors (Lipinski definition) is 2. The molecule has 0 aliphatic rings. The Morgan fingerprint density at radius 2 is 0.853 bits per heavy atom. The van der Waals surface area contributed by atoms with E-state index in [2.05, 4.69) is 23.7 Å². The molecular formula is C30H18O4. The molecule has 0 fully saturated rings. The molecule has 0 amide bonds. The predicted molar refractivity (Wildman–Crippen MR) is 131 cm³/mol. The number of carbonyl (C=O) groups is 2. The Kier molecular flexibility index (Phi) is 6.54. The van der Waals surface area contributed by atoms with E-state index < -0.39 is 11.9 Å². The third-order valence-corrected chi connectivity index (χ3v) is 5.07. The first-order chi connectivity index (χ1) is 16.5. The highest BCUT2D eigenvalue weighted by molar-refractivity contribution is 6.05. The average Bonchev–Trinajstić information content (AvgIpc) is 2.87. The van der Waals surface area contributed by atoms with Crippen molar-refractivity contribution in [3.05, 3.63) is 130 Å². The zero-order valence-corrected chi connectivity index (χ0v) is 17.9. The SMILES string of the molecule is O=C(O)c1cccc(C#Cc2ccccc2)c1-c1c(C#Cc2ccccc2)cccc1C(=O)O. The number of carboxylic acids is 2. The fraction of sp³-hybridized carbons (Fsp3) is 0. The molecule has 2 N–H and O–H groups in total. The first kappa shape index (κ1) is 22.1. The molecule has 162 valence electrons. The fourth-order valence-electron chi connectivity index (χ4n) is 3.53. The molecule has 0 aliphatic carbocycles. The molecule has 0 unspecified atom stereocenters. The summed E-state index contributed by atoms with van der Waals surface area (Å²) >= 11 is 0. The molecule has 4 rings (SSSR count). The quantitative estimate of drug-likeness (QED) is 0.408. The summed E-state index contributed by atoms with van der Waals surface area (Å²) in [5.74, 6) is 9.79. The standard InChI is InChI=1S/C30H18O4/c31-29(32)25-15-7-13-23(19-17-21-9-3-1-4-10-21)27(25)28-24(14-8-16-26(28)30(33)34)20-18-22-11-5-2-6-12-22/h1-16H,(H,31,32)(H,33,34).